The lowest BCUT2D eigenvalue weighted by molar-refractivity contribution is 0.156. The van der Waals surface area contributed by atoms with Crippen LogP contribution in [0.1, 0.15) is 29.5 Å². The van der Waals surface area contributed by atoms with Crippen molar-refractivity contribution in [2.24, 2.45) is 0 Å². The molecule has 1 atom stereocenters. The highest BCUT2D eigenvalue weighted by Gasteiger charge is 2.40. The first-order valence-corrected chi connectivity index (χ1v) is 15.8. The van der Waals surface area contributed by atoms with Crippen LogP contribution in [0.4, 0.5) is 10.1 Å². The van der Waals surface area contributed by atoms with Gasteiger partial charge in [-0.25, -0.2) is 4.39 Å². The van der Waals surface area contributed by atoms with E-state index in [0.29, 0.717) is 5.56 Å². The fraction of sp³-hybridized carbons (Fsp3) is 0.128. The summed E-state index contributed by atoms with van der Waals surface area (Å²) < 4.78 is 22.7. The number of hydrogen-bond acceptors (Lipinski definition) is 3. The number of ether oxygens (including phenoxy) is 1. The lowest BCUT2D eigenvalue weighted by Crippen LogP contribution is -2.35. The zero-order valence-corrected chi connectivity index (χ0v) is 24.5. The minimum Gasteiger partial charge on any atom is -0.473 e. The Morgan fingerprint density at radius 1 is 0.721 bits per heavy atom. The summed E-state index contributed by atoms with van der Waals surface area (Å²) in [5, 5.41) is 4.37. The van der Waals surface area contributed by atoms with Gasteiger partial charge >= 0.3 is 0 Å². The number of halogens is 1. The van der Waals surface area contributed by atoms with Crippen molar-refractivity contribution >= 4 is 33.9 Å². The molecule has 1 unspecified atom stereocenters. The van der Waals surface area contributed by atoms with Gasteiger partial charge in [-0.2, -0.15) is 0 Å². The van der Waals surface area contributed by atoms with Gasteiger partial charge in [0.1, 0.15) is 11.6 Å². The van der Waals surface area contributed by atoms with Crippen molar-refractivity contribution in [3.05, 3.63) is 149 Å². The standard InChI is InChI=1S/C39H30FNOS/c40-36-11-4-3-10-35(36)39(29-17-19-30(20-18-29)41-23-5-6-24-41)22-21-33-31-8-1-2-9-32(31)34(26-37(33)42-39)27-13-15-28(16-14-27)38-12-7-25-43-38/h1-4,7-22,25-26H,5-6,23-24H2. The molecule has 0 spiro atoms. The number of benzene rings is 5. The third kappa shape index (κ3) is 4.45. The Bertz CT molecular complexity index is 1950. The van der Waals surface area contributed by atoms with Crippen LogP contribution in [-0.2, 0) is 5.60 Å². The Morgan fingerprint density at radius 3 is 2.19 bits per heavy atom. The molecule has 0 saturated carbocycles. The summed E-state index contributed by atoms with van der Waals surface area (Å²) in [4.78, 5) is 3.66. The summed E-state index contributed by atoms with van der Waals surface area (Å²) >= 11 is 1.74. The molecule has 5 aromatic carbocycles. The maximum Gasteiger partial charge on any atom is 0.180 e. The molecule has 0 bridgehead atoms. The Balaban J connectivity index is 1.27. The van der Waals surface area contributed by atoms with Gasteiger partial charge in [-0.15, -0.1) is 11.3 Å². The molecule has 0 radical (unpaired) electrons. The smallest absolute Gasteiger partial charge is 0.180 e. The third-order valence-electron chi connectivity index (χ3n) is 8.85. The van der Waals surface area contributed by atoms with E-state index in [9.17, 15) is 0 Å². The number of thiophene rings is 1. The van der Waals surface area contributed by atoms with Crippen molar-refractivity contribution in [2.45, 2.75) is 18.4 Å². The van der Waals surface area contributed by atoms with Gasteiger partial charge in [0.05, 0.1) is 0 Å². The molecule has 1 saturated heterocycles. The molecule has 2 aliphatic rings. The average molecular weight is 580 g/mol. The lowest BCUT2D eigenvalue weighted by Gasteiger charge is -2.37. The Morgan fingerprint density at radius 2 is 1.44 bits per heavy atom. The molecule has 0 amide bonds. The lowest BCUT2D eigenvalue weighted by atomic mass is 9.82. The number of anilines is 1. The highest BCUT2D eigenvalue weighted by Crippen LogP contribution is 2.47. The van der Waals surface area contributed by atoms with Crippen molar-refractivity contribution in [1.82, 2.24) is 0 Å². The van der Waals surface area contributed by atoms with Gasteiger partial charge in [0.25, 0.3) is 0 Å². The fourth-order valence-corrected chi connectivity index (χ4v) is 7.38. The molecule has 43 heavy (non-hydrogen) atoms. The van der Waals surface area contributed by atoms with E-state index in [-0.39, 0.29) is 5.82 Å². The quantitative estimate of drug-likeness (QED) is 0.201. The molecular formula is C39H30FNOS. The molecule has 1 fully saturated rings. The second-order valence-electron chi connectivity index (χ2n) is 11.3. The summed E-state index contributed by atoms with van der Waals surface area (Å²) in [7, 11) is 0. The van der Waals surface area contributed by atoms with Gasteiger partial charge in [0.2, 0.25) is 0 Å². The molecule has 0 N–H and O–H groups in total. The normalized spacial score (nSPS) is 17.7. The van der Waals surface area contributed by atoms with E-state index in [4.69, 9.17) is 4.74 Å². The molecular weight excluding hydrogens is 550 g/mol. The highest BCUT2D eigenvalue weighted by atomic mass is 32.1. The zero-order chi connectivity index (χ0) is 28.8. The number of hydrogen-bond donors (Lipinski definition) is 0. The fourth-order valence-electron chi connectivity index (χ4n) is 6.65. The first-order chi connectivity index (χ1) is 21.2. The van der Waals surface area contributed by atoms with Crippen molar-refractivity contribution in [1.29, 1.82) is 0 Å². The van der Waals surface area contributed by atoms with Gasteiger partial charge in [-0.1, -0.05) is 84.9 Å². The SMILES string of the molecule is Fc1ccccc1C1(c2ccc(N3CCCC3)cc2)C=Cc2c(cc(-c3ccc(-c4cccs4)cc3)c3ccccc23)O1. The van der Waals surface area contributed by atoms with Crippen molar-refractivity contribution < 1.29 is 9.13 Å². The van der Waals surface area contributed by atoms with E-state index in [1.807, 2.05) is 18.2 Å². The molecule has 4 heteroatoms. The minimum absolute atomic E-state index is 0.288. The predicted molar refractivity (Wildman–Crippen MR) is 177 cm³/mol. The zero-order valence-electron chi connectivity index (χ0n) is 23.7. The van der Waals surface area contributed by atoms with Crippen molar-refractivity contribution in [3.63, 3.8) is 0 Å². The Labute approximate surface area is 255 Å². The number of nitrogens with zero attached hydrogens (tertiary/aromatic N) is 1. The first kappa shape index (κ1) is 26.0. The summed E-state index contributed by atoms with van der Waals surface area (Å²) in [6.07, 6.45) is 6.58. The highest BCUT2D eigenvalue weighted by molar-refractivity contribution is 7.13. The van der Waals surface area contributed by atoms with E-state index < -0.39 is 5.60 Å². The summed E-state index contributed by atoms with van der Waals surface area (Å²) in [5.41, 5.74) is 5.91. The largest absolute Gasteiger partial charge is 0.473 e. The number of fused-ring (bicyclic) bond motifs is 3. The van der Waals surface area contributed by atoms with Crippen LogP contribution in [0.2, 0.25) is 0 Å². The van der Waals surface area contributed by atoms with Crippen LogP contribution in [0.5, 0.6) is 5.75 Å². The molecule has 0 aliphatic carbocycles. The Kier molecular flexibility index (Phi) is 6.38. The van der Waals surface area contributed by atoms with Gasteiger partial charge in [0, 0.05) is 40.3 Å². The van der Waals surface area contributed by atoms with Gasteiger partial charge < -0.3 is 9.64 Å². The van der Waals surface area contributed by atoms with E-state index in [2.05, 4.69) is 107 Å². The van der Waals surface area contributed by atoms with E-state index >= 15 is 4.39 Å². The van der Waals surface area contributed by atoms with Crippen LogP contribution >= 0.6 is 11.3 Å². The topological polar surface area (TPSA) is 12.5 Å². The van der Waals surface area contributed by atoms with Gasteiger partial charge in [-0.3, -0.25) is 0 Å². The van der Waals surface area contributed by atoms with E-state index in [1.165, 1.54) is 35.0 Å². The van der Waals surface area contributed by atoms with Crippen LogP contribution in [-0.4, -0.2) is 13.1 Å². The molecule has 6 aromatic rings. The van der Waals surface area contributed by atoms with Crippen LogP contribution in [0.15, 0.2) is 127 Å². The van der Waals surface area contributed by atoms with Crippen molar-refractivity contribution in [2.75, 3.05) is 18.0 Å². The molecule has 3 heterocycles. The molecule has 8 rings (SSSR count). The van der Waals surface area contributed by atoms with Crippen LogP contribution in [0, 0.1) is 5.82 Å². The third-order valence-corrected chi connectivity index (χ3v) is 9.77. The minimum atomic E-state index is -1.11. The maximum absolute atomic E-state index is 15.6. The average Bonchev–Trinajstić information content (AvgIpc) is 3.80. The van der Waals surface area contributed by atoms with E-state index in [1.54, 1.807) is 17.4 Å². The molecule has 1 aromatic heterocycles. The Hall–Kier alpha value is -4.67. The van der Waals surface area contributed by atoms with Crippen LogP contribution in [0.3, 0.4) is 0 Å². The van der Waals surface area contributed by atoms with Crippen LogP contribution in [0.25, 0.3) is 38.4 Å². The summed E-state index contributed by atoms with van der Waals surface area (Å²) in [6, 6.07) is 39.0. The summed E-state index contributed by atoms with van der Waals surface area (Å²) in [5.74, 6) is 0.454. The maximum atomic E-state index is 15.6. The second-order valence-corrected chi connectivity index (χ2v) is 12.3. The van der Waals surface area contributed by atoms with Gasteiger partial charge in [0.15, 0.2) is 5.60 Å². The molecule has 210 valence electrons. The summed E-state index contributed by atoms with van der Waals surface area (Å²) in [6.45, 7) is 2.15. The van der Waals surface area contributed by atoms with Crippen molar-refractivity contribution in [3.8, 4) is 27.3 Å². The molecule has 2 aliphatic heterocycles. The van der Waals surface area contributed by atoms with Crippen LogP contribution < -0.4 is 9.64 Å². The predicted octanol–water partition coefficient (Wildman–Crippen LogP) is 10.3. The molecule has 2 nitrogen and oxygen atoms in total. The van der Waals surface area contributed by atoms with Gasteiger partial charge in [-0.05, 0) is 88.2 Å². The van der Waals surface area contributed by atoms with E-state index in [0.717, 1.165) is 51.9 Å². The monoisotopic (exact) mass is 579 g/mol. The number of rotatable bonds is 5. The first-order valence-electron chi connectivity index (χ1n) is 14.9. The second kappa shape index (κ2) is 10.6.